The Morgan fingerprint density at radius 1 is 0.903 bits per heavy atom. The van der Waals surface area contributed by atoms with E-state index in [9.17, 15) is 0 Å². The van der Waals surface area contributed by atoms with Gasteiger partial charge in [0.2, 0.25) is 5.88 Å². The molecule has 0 amide bonds. The van der Waals surface area contributed by atoms with E-state index in [0.29, 0.717) is 29.8 Å². The molecule has 1 aliphatic carbocycles. The summed E-state index contributed by atoms with van der Waals surface area (Å²) in [5, 5.41) is 8.70. The number of ether oxygens (including phenoxy) is 1. The minimum absolute atomic E-state index is 0.359. The second kappa shape index (κ2) is 8.99. The third-order valence-electron chi connectivity index (χ3n) is 7.19. The lowest BCUT2D eigenvalue weighted by atomic mass is 9.72. The lowest BCUT2D eigenvalue weighted by Crippen LogP contribution is -2.34. The maximum absolute atomic E-state index is 5.95. The van der Waals surface area contributed by atoms with Crippen LogP contribution in [0.25, 0.3) is 0 Å². The van der Waals surface area contributed by atoms with Crippen LogP contribution in [0.15, 0.2) is 48.6 Å². The first-order chi connectivity index (χ1) is 15.2. The summed E-state index contributed by atoms with van der Waals surface area (Å²) in [5.41, 5.74) is 2.92. The van der Waals surface area contributed by atoms with Gasteiger partial charge in [-0.2, -0.15) is 0 Å². The predicted octanol–water partition coefficient (Wildman–Crippen LogP) is 4.80. The van der Waals surface area contributed by atoms with Crippen LogP contribution in [0.4, 0.5) is 5.82 Å². The number of aromatic nitrogens is 2. The molecular formula is C26H34N4O. The number of nitrogens with zero attached hydrogens (tertiary/aromatic N) is 4. The molecule has 1 aromatic carbocycles. The first-order valence-corrected chi connectivity index (χ1v) is 11.9. The minimum atomic E-state index is 0.359. The standard InChI is InChI=1S/C26H34N4O/c1-19-5-6-20(2)30(19)25-11-12-26(28-27-25)31-18-22-15-24(16-22)23-9-7-21(8-10-23)17-29-13-3-4-14-29/h5-12,19-20,22,24H,3-4,13-18H2,1-2H3. The van der Waals surface area contributed by atoms with Gasteiger partial charge in [0.25, 0.3) is 0 Å². The Labute approximate surface area is 186 Å². The molecule has 0 spiro atoms. The SMILES string of the molecule is CC1C=CC(C)N1c1ccc(OCC2CC(c3ccc(CN4CCCC4)cc3)C2)nn1. The van der Waals surface area contributed by atoms with Crippen molar-refractivity contribution in [2.75, 3.05) is 24.6 Å². The molecule has 1 aromatic heterocycles. The summed E-state index contributed by atoms with van der Waals surface area (Å²) < 4.78 is 5.95. The summed E-state index contributed by atoms with van der Waals surface area (Å²) in [4.78, 5) is 4.83. The van der Waals surface area contributed by atoms with Gasteiger partial charge in [-0.3, -0.25) is 4.90 Å². The molecular weight excluding hydrogens is 384 g/mol. The van der Waals surface area contributed by atoms with Crippen LogP contribution >= 0.6 is 0 Å². The van der Waals surface area contributed by atoms with Gasteiger partial charge in [-0.15, -0.1) is 10.2 Å². The lowest BCUT2D eigenvalue weighted by Gasteiger charge is -2.35. The third-order valence-corrected chi connectivity index (χ3v) is 7.19. The quantitative estimate of drug-likeness (QED) is 0.604. The maximum atomic E-state index is 5.95. The Balaban J connectivity index is 1.06. The molecule has 0 radical (unpaired) electrons. The summed E-state index contributed by atoms with van der Waals surface area (Å²) in [6.07, 6.45) is 9.54. The molecule has 3 heterocycles. The Bertz CT molecular complexity index is 871. The van der Waals surface area contributed by atoms with Crippen LogP contribution < -0.4 is 9.64 Å². The molecule has 5 heteroatoms. The second-order valence-corrected chi connectivity index (χ2v) is 9.57. The average molecular weight is 419 g/mol. The molecule has 1 saturated carbocycles. The van der Waals surface area contributed by atoms with E-state index < -0.39 is 0 Å². The molecule has 1 saturated heterocycles. The minimum Gasteiger partial charge on any atom is -0.476 e. The van der Waals surface area contributed by atoms with E-state index >= 15 is 0 Å². The van der Waals surface area contributed by atoms with Crippen LogP contribution in [-0.2, 0) is 6.54 Å². The normalized spacial score (nSPS) is 28.1. The van der Waals surface area contributed by atoms with Gasteiger partial charge in [-0.1, -0.05) is 36.4 Å². The molecule has 0 bridgehead atoms. The van der Waals surface area contributed by atoms with Gasteiger partial charge >= 0.3 is 0 Å². The molecule has 0 N–H and O–H groups in total. The van der Waals surface area contributed by atoms with Crippen LogP contribution in [0.1, 0.15) is 56.6 Å². The predicted molar refractivity (Wildman–Crippen MR) is 124 cm³/mol. The lowest BCUT2D eigenvalue weighted by molar-refractivity contribution is 0.153. The first kappa shape index (κ1) is 20.5. The van der Waals surface area contributed by atoms with Gasteiger partial charge in [0.1, 0.15) is 0 Å². The van der Waals surface area contributed by atoms with Gasteiger partial charge in [0.05, 0.1) is 6.61 Å². The molecule has 2 aliphatic heterocycles. The van der Waals surface area contributed by atoms with Crippen LogP contribution in [0, 0.1) is 5.92 Å². The Morgan fingerprint density at radius 2 is 1.61 bits per heavy atom. The van der Waals surface area contributed by atoms with Crippen LogP contribution in [-0.4, -0.2) is 46.9 Å². The van der Waals surface area contributed by atoms with Crippen LogP contribution in [0.5, 0.6) is 5.88 Å². The summed E-state index contributed by atoms with van der Waals surface area (Å²) in [5.74, 6) is 2.83. The van der Waals surface area contributed by atoms with Crippen LogP contribution in [0.3, 0.4) is 0 Å². The topological polar surface area (TPSA) is 41.5 Å². The molecule has 31 heavy (non-hydrogen) atoms. The smallest absolute Gasteiger partial charge is 0.233 e. The maximum Gasteiger partial charge on any atom is 0.233 e. The molecule has 164 valence electrons. The van der Waals surface area contributed by atoms with Crippen molar-refractivity contribution >= 4 is 5.82 Å². The fraction of sp³-hybridized carbons (Fsp3) is 0.538. The molecule has 3 aliphatic rings. The van der Waals surface area contributed by atoms with E-state index in [-0.39, 0.29) is 0 Å². The second-order valence-electron chi connectivity index (χ2n) is 9.57. The van der Waals surface area contributed by atoms with E-state index in [2.05, 4.69) is 70.3 Å². The highest BCUT2D eigenvalue weighted by Gasteiger charge is 2.31. The van der Waals surface area contributed by atoms with Crippen molar-refractivity contribution in [1.29, 1.82) is 0 Å². The van der Waals surface area contributed by atoms with Crippen molar-refractivity contribution in [3.63, 3.8) is 0 Å². The zero-order valence-electron chi connectivity index (χ0n) is 18.8. The zero-order chi connectivity index (χ0) is 21.2. The first-order valence-electron chi connectivity index (χ1n) is 11.9. The van der Waals surface area contributed by atoms with Gasteiger partial charge in [-0.25, -0.2) is 0 Å². The van der Waals surface area contributed by atoms with Crippen molar-refractivity contribution in [1.82, 2.24) is 15.1 Å². The number of rotatable bonds is 7. The molecule has 2 fully saturated rings. The van der Waals surface area contributed by atoms with Gasteiger partial charge in [-0.05, 0) is 81.6 Å². The number of hydrogen-bond donors (Lipinski definition) is 0. The highest BCUT2D eigenvalue weighted by Crippen LogP contribution is 2.41. The van der Waals surface area contributed by atoms with Gasteiger partial charge in [0, 0.05) is 24.7 Å². The van der Waals surface area contributed by atoms with Crippen molar-refractivity contribution in [2.45, 2.75) is 64.1 Å². The molecule has 2 unspecified atom stereocenters. The summed E-state index contributed by atoms with van der Waals surface area (Å²) in [7, 11) is 0. The zero-order valence-corrected chi connectivity index (χ0v) is 18.8. The van der Waals surface area contributed by atoms with Crippen molar-refractivity contribution in [3.8, 4) is 5.88 Å². The number of likely N-dealkylation sites (tertiary alicyclic amines) is 1. The molecule has 5 rings (SSSR count). The highest BCUT2D eigenvalue weighted by atomic mass is 16.5. The van der Waals surface area contributed by atoms with Crippen molar-refractivity contribution in [2.24, 2.45) is 5.92 Å². The van der Waals surface area contributed by atoms with Crippen molar-refractivity contribution < 1.29 is 4.74 Å². The highest BCUT2D eigenvalue weighted by molar-refractivity contribution is 5.46. The third kappa shape index (κ3) is 4.62. The largest absolute Gasteiger partial charge is 0.476 e. The molecule has 2 aromatic rings. The number of benzene rings is 1. The summed E-state index contributed by atoms with van der Waals surface area (Å²) in [6, 6.07) is 14.0. The van der Waals surface area contributed by atoms with E-state index in [1.807, 2.05) is 12.1 Å². The monoisotopic (exact) mass is 418 g/mol. The van der Waals surface area contributed by atoms with Gasteiger partial charge in [0.15, 0.2) is 5.82 Å². The number of hydrogen-bond acceptors (Lipinski definition) is 5. The van der Waals surface area contributed by atoms with E-state index in [0.717, 1.165) is 19.0 Å². The van der Waals surface area contributed by atoms with Gasteiger partial charge < -0.3 is 9.64 Å². The van der Waals surface area contributed by atoms with Crippen molar-refractivity contribution in [3.05, 3.63) is 59.7 Å². The molecule has 5 nitrogen and oxygen atoms in total. The Kier molecular flexibility index (Phi) is 5.95. The summed E-state index contributed by atoms with van der Waals surface area (Å²) in [6.45, 7) is 8.71. The summed E-state index contributed by atoms with van der Waals surface area (Å²) >= 11 is 0. The fourth-order valence-corrected chi connectivity index (χ4v) is 5.26. The fourth-order valence-electron chi connectivity index (χ4n) is 5.26. The average Bonchev–Trinajstić information content (AvgIpc) is 3.38. The van der Waals surface area contributed by atoms with Crippen LogP contribution in [0.2, 0.25) is 0 Å². The van der Waals surface area contributed by atoms with E-state index in [4.69, 9.17) is 4.74 Å². The van der Waals surface area contributed by atoms with E-state index in [1.165, 1.54) is 49.9 Å². The number of anilines is 1. The Morgan fingerprint density at radius 3 is 2.26 bits per heavy atom. The van der Waals surface area contributed by atoms with E-state index in [1.54, 1.807) is 0 Å². The Hall–Kier alpha value is -2.40. The molecule has 2 atom stereocenters.